The van der Waals surface area contributed by atoms with Gasteiger partial charge in [0.1, 0.15) is 0 Å². The minimum absolute atomic E-state index is 0.0828. The maximum Gasteiger partial charge on any atom is 0.305 e. The van der Waals surface area contributed by atoms with Crippen LogP contribution in [0.25, 0.3) is 0 Å². The zero-order valence-corrected chi connectivity index (χ0v) is 15.8. The quantitative estimate of drug-likeness (QED) is 0.622. The van der Waals surface area contributed by atoms with Crippen LogP contribution in [-0.4, -0.2) is 13.1 Å². The van der Waals surface area contributed by atoms with Crippen LogP contribution in [0.2, 0.25) is 0 Å². The van der Waals surface area contributed by atoms with Crippen molar-refractivity contribution in [1.29, 1.82) is 0 Å². The van der Waals surface area contributed by atoms with Crippen molar-refractivity contribution in [2.24, 2.45) is 28.6 Å². The molecule has 0 radical (unpaired) electrons. The van der Waals surface area contributed by atoms with Crippen LogP contribution in [0, 0.1) is 28.6 Å². The number of carbonyl (C=O) groups excluding carboxylic acids is 1. The minimum Gasteiger partial charge on any atom is -0.469 e. The highest BCUT2D eigenvalue weighted by Crippen LogP contribution is 2.60. The summed E-state index contributed by atoms with van der Waals surface area (Å²) in [5.41, 5.74) is 2.15. The lowest BCUT2D eigenvalue weighted by molar-refractivity contribution is -0.141. The van der Waals surface area contributed by atoms with E-state index in [0.29, 0.717) is 29.1 Å². The molecule has 0 unspecified atom stereocenters. The second-order valence-corrected chi connectivity index (χ2v) is 8.50. The first kappa shape index (κ1) is 18.3. The van der Waals surface area contributed by atoms with Crippen LogP contribution in [0.4, 0.5) is 0 Å². The molecule has 23 heavy (non-hydrogen) atoms. The molecule has 1 fully saturated rings. The SMILES string of the molecule is COC(=O)C[C@H](C)CC[C@@]1(C)[C@H](C)CC[C@@]2(C)C(C)=CC=C[C@H]12. The molecule has 0 aromatic heterocycles. The molecular weight excluding hydrogens is 284 g/mol. The van der Waals surface area contributed by atoms with Crippen molar-refractivity contribution < 1.29 is 9.53 Å². The molecule has 0 heterocycles. The summed E-state index contributed by atoms with van der Waals surface area (Å²) in [5.74, 6) is 1.64. The Hall–Kier alpha value is -1.05. The van der Waals surface area contributed by atoms with Crippen molar-refractivity contribution >= 4 is 5.97 Å². The molecule has 0 N–H and O–H groups in total. The van der Waals surface area contributed by atoms with E-state index in [2.05, 4.69) is 52.8 Å². The predicted molar refractivity (Wildman–Crippen MR) is 96.0 cm³/mol. The standard InChI is InChI=1S/C21H34O2/c1-15(14-19(22)23-6)10-12-20(4)17(3)11-13-21(5)16(2)8-7-9-18(20)21/h7-9,15,17-18H,10-14H2,1-6H3/t15-,17-,18-,20+,21+/m1/s1. The van der Waals surface area contributed by atoms with Crippen LogP contribution in [0.3, 0.4) is 0 Å². The van der Waals surface area contributed by atoms with Crippen LogP contribution in [-0.2, 0) is 9.53 Å². The van der Waals surface area contributed by atoms with Gasteiger partial charge in [-0.3, -0.25) is 4.79 Å². The van der Waals surface area contributed by atoms with E-state index < -0.39 is 0 Å². The number of hydrogen-bond donors (Lipinski definition) is 0. The average Bonchev–Trinajstić information content (AvgIpc) is 2.52. The first-order valence-electron chi connectivity index (χ1n) is 9.16. The zero-order valence-electron chi connectivity index (χ0n) is 15.8. The van der Waals surface area contributed by atoms with Gasteiger partial charge >= 0.3 is 5.97 Å². The number of esters is 1. The second-order valence-electron chi connectivity index (χ2n) is 8.50. The van der Waals surface area contributed by atoms with E-state index in [-0.39, 0.29) is 5.97 Å². The Morgan fingerprint density at radius 2 is 2.13 bits per heavy atom. The van der Waals surface area contributed by atoms with E-state index in [1.165, 1.54) is 31.9 Å². The monoisotopic (exact) mass is 318 g/mol. The molecule has 5 atom stereocenters. The zero-order chi connectivity index (χ0) is 17.3. The Labute approximate surface area is 142 Å². The van der Waals surface area contributed by atoms with Crippen LogP contribution in [0.15, 0.2) is 23.8 Å². The number of carbonyl (C=O) groups is 1. The number of rotatable bonds is 5. The summed E-state index contributed by atoms with van der Waals surface area (Å²) in [7, 11) is 1.48. The minimum atomic E-state index is -0.0828. The van der Waals surface area contributed by atoms with Gasteiger partial charge in [-0.1, -0.05) is 51.5 Å². The van der Waals surface area contributed by atoms with Crippen molar-refractivity contribution in [2.75, 3.05) is 7.11 Å². The molecule has 2 nitrogen and oxygen atoms in total. The normalized spacial score (nSPS) is 37.7. The fourth-order valence-corrected chi connectivity index (χ4v) is 4.84. The van der Waals surface area contributed by atoms with Gasteiger partial charge in [-0.2, -0.15) is 0 Å². The van der Waals surface area contributed by atoms with E-state index in [1.807, 2.05) is 0 Å². The fraction of sp³-hybridized carbons (Fsp3) is 0.762. The van der Waals surface area contributed by atoms with E-state index >= 15 is 0 Å². The lowest BCUT2D eigenvalue weighted by atomic mass is 9.48. The molecule has 1 saturated carbocycles. The molecule has 0 aromatic carbocycles. The molecule has 2 heteroatoms. The lowest BCUT2D eigenvalue weighted by Gasteiger charge is -2.56. The first-order valence-corrected chi connectivity index (χ1v) is 9.16. The lowest BCUT2D eigenvalue weighted by Crippen LogP contribution is -2.48. The molecule has 0 aliphatic heterocycles. The summed E-state index contributed by atoms with van der Waals surface area (Å²) in [5, 5.41) is 0. The predicted octanol–water partition coefficient (Wildman–Crippen LogP) is 5.54. The van der Waals surface area contributed by atoms with Crippen molar-refractivity contribution in [3.05, 3.63) is 23.8 Å². The Kier molecular flexibility index (Phi) is 5.43. The van der Waals surface area contributed by atoms with E-state index in [1.54, 1.807) is 0 Å². The third-order valence-corrected chi connectivity index (χ3v) is 7.09. The van der Waals surface area contributed by atoms with Crippen molar-refractivity contribution in [3.63, 3.8) is 0 Å². The van der Waals surface area contributed by atoms with Gasteiger partial charge in [-0.15, -0.1) is 0 Å². The molecule has 0 bridgehead atoms. The Morgan fingerprint density at radius 1 is 1.43 bits per heavy atom. The van der Waals surface area contributed by atoms with Crippen LogP contribution in [0.1, 0.15) is 66.7 Å². The highest BCUT2D eigenvalue weighted by molar-refractivity contribution is 5.69. The Bertz CT molecular complexity index is 504. The number of ether oxygens (including phenoxy) is 1. The summed E-state index contributed by atoms with van der Waals surface area (Å²) < 4.78 is 4.82. The molecule has 0 saturated heterocycles. The van der Waals surface area contributed by atoms with Gasteiger partial charge in [-0.25, -0.2) is 0 Å². The maximum absolute atomic E-state index is 11.5. The van der Waals surface area contributed by atoms with Crippen LogP contribution in [0.5, 0.6) is 0 Å². The summed E-state index contributed by atoms with van der Waals surface area (Å²) in [6, 6.07) is 0. The molecule has 0 aromatic rings. The van der Waals surface area contributed by atoms with Gasteiger partial charge in [0.2, 0.25) is 0 Å². The molecular formula is C21H34O2. The highest BCUT2D eigenvalue weighted by Gasteiger charge is 2.51. The largest absolute Gasteiger partial charge is 0.469 e. The van der Waals surface area contributed by atoms with Crippen molar-refractivity contribution in [2.45, 2.75) is 66.7 Å². The molecule has 130 valence electrons. The first-order chi connectivity index (χ1) is 10.7. The highest BCUT2D eigenvalue weighted by atomic mass is 16.5. The summed E-state index contributed by atoms with van der Waals surface area (Å²) in [6.45, 7) is 11.8. The van der Waals surface area contributed by atoms with Gasteiger partial charge in [0, 0.05) is 6.42 Å². The molecule has 0 spiro atoms. The second kappa shape index (κ2) is 6.83. The fourth-order valence-electron chi connectivity index (χ4n) is 4.84. The maximum atomic E-state index is 11.5. The average molecular weight is 319 g/mol. The van der Waals surface area contributed by atoms with Crippen molar-refractivity contribution in [3.8, 4) is 0 Å². The summed E-state index contributed by atoms with van der Waals surface area (Å²) >= 11 is 0. The summed E-state index contributed by atoms with van der Waals surface area (Å²) in [4.78, 5) is 11.5. The third kappa shape index (κ3) is 3.41. The van der Waals surface area contributed by atoms with E-state index in [0.717, 1.165) is 12.3 Å². The molecule has 2 rings (SSSR count). The van der Waals surface area contributed by atoms with E-state index in [4.69, 9.17) is 4.74 Å². The smallest absolute Gasteiger partial charge is 0.305 e. The number of methoxy groups -OCH3 is 1. The van der Waals surface area contributed by atoms with Crippen LogP contribution < -0.4 is 0 Å². The Balaban J connectivity index is 2.12. The molecule has 2 aliphatic carbocycles. The van der Waals surface area contributed by atoms with Gasteiger partial charge < -0.3 is 4.74 Å². The van der Waals surface area contributed by atoms with Crippen molar-refractivity contribution in [1.82, 2.24) is 0 Å². The Morgan fingerprint density at radius 3 is 2.78 bits per heavy atom. The third-order valence-electron chi connectivity index (χ3n) is 7.09. The molecule has 2 aliphatic rings. The van der Waals surface area contributed by atoms with Crippen LogP contribution >= 0.6 is 0 Å². The molecule has 0 amide bonds. The van der Waals surface area contributed by atoms with Gasteiger partial charge in [0.15, 0.2) is 0 Å². The topological polar surface area (TPSA) is 26.3 Å². The van der Waals surface area contributed by atoms with E-state index in [9.17, 15) is 4.79 Å². The van der Waals surface area contributed by atoms with Gasteiger partial charge in [0.25, 0.3) is 0 Å². The van der Waals surface area contributed by atoms with Gasteiger partial charge in [0.05, 0.1) is 7.11 Å². The summed E-state index contributed by atoms with van der Waals surface area (Å²) in [6.07, 6.45) is 12.4. The number of fused-ring (bicyclic) bond motifs is 1. The van der Waals surface area contributed by atoms with Gasteiger partial charge in [-0.05, 0) is 61.2 Å². The number of hydrogen-bond acceptors (Lipinski definition) is 2. The number of allylic oxidation sites excluding steroid dienone is 4.